The largest absolute Gasteiger partial charge is 0.315 e. The number of hydrogen-bond donors (Lipinski definition) is 1. The molecule has 2 unspecified atom stereocenters. The average Bonchev–Trinajstić information content (AvgIpc) is 3.04. The quantitative estimate of drug-likeness (QED) is 0.944. The molecule has 0 radical (unpaired) electrons. The van der Waals surface area contributed by atoms with E-state index in [2.05, 4.69) is 15.3 Å². The fourth-order valence-electron chi connectivity index (χ4n) is 3.77. The van der Waals surface area contributed by atoms with Crippen molar-refractivity contribution in [3.63, 3.8) is 0 Å². The number of halogens is 2. The summed E-state index contributed by atoms with van der Waals surface area (Å²) in [5.41, 5.74) is 1.20. The monoisotopic (exact) mass is 318 g/mol. The molecule has 1 N–H and O–H groups in total. The first kappa shape index (κ1) is 14.8. The van der Waals surface area contributed by atoms with Crippen LogP contribution in [0.15, 0.2) is 30.5 Å². The molecule has 2 aliphatic heterocycles. The molecule has 23 heavy (non-hydrogen) atoms. The van der Waals surface area contributed by atoms with Crippen LogP contribution in [0, 0.1) is 11.6 Å². The number of rotatable bonds is 3. The van der Waals surface area contributed by atoms with E-state index in [1.807, 2.05) is 6.07 Å². The fraction of sp³-hybridized carbons (Fsp3) is 0.471. The van der Waals surface area contributed by atoms with Crippen molar-refractivity contribution < 1.29 is 8.78 Å². The summed E-state index contributed by atoms with van der Waals surface area (Å²) in [4.78, 5) is 2.52. The minimum absolute atomic E-state index is 0.276. The van der Waals surface area contributed by atoms with Crippen molar-refractivity contribution in [1.82, 2.24) is 20.0 Å². The highest BCUT2D eigenvalue weighted by atomic mass is 19.1. The van der Waals surface area contributed by atoms with E-state index < -0.39 is 11.6 Å². The number of benzene rings is 1. The molecular formula is C17H20F2N4. The second-order valence-electron chi connectivity index (χ2n) is 6.40. The van der Waals surface area contributed by atoms with Crippen molar-refractivity contribution in [2.45, 2.75) is 37.9 Å². The molecule has 2 fully saturated rings. The second kappa shape index (κ2) is 6.02. The molecular weight excluding hydrogens is 298 g/mol. The number of aromatic nitrogens is 2. The first-order valence-electron chi connectivity index (χ1n) is 8.17. The number of fused-ring (bicyclic) bond motifs is 2. The third-order valence-electron chi connectivity index (χ3n) is 4.95. The van der Waals surface area contributed by atoms with Crippen LogP contribution in [-0.4, -0.2) is 39.9 Å². The van der Waals surface area contributed by atoms with Gasteiger partial charge in [-0.15, -0.1) is 0 Å². The lowest BCUT2D eigenvalue weighted by Gasteiger charge is -2.26. The number of hydrogen-bond acceptors (Lipinski definition) is 3. The molecule has 122 valence electrons. The standard InChI is InChI=1S/C17H20F2N4/c18-12-1-4-17(16(19)9-12)23-8-6-13(21-23)11-22-14-2-3-15(22)10-20-7-5-14/h1,4,6,8-9,14-15,20H,2-3,5,7,10-11H2. The molecule has 3 heterocycles. The zero-order chi connectivity index (χ0) is 15.8. The molecule has 2 bridgehead atoms. The summed E-state index contributed by atoms with van der Waals surface area (Å²) in [6.07, 6.45) is 5.39. The van der Waals surface area contributed by atoms with Gasteiger partial charge < -0.3 is 5.32 Å². The van der Waals surface area contributed by atoms with Crippen LogP contribution in [0.4, 0.5) is 8.78 Å². The van der Waals surface area contributed by atoms with Gasteiger partial charge in [-0.1, -0.05) is 0 Å². The van der Waals surface area contributed by atoms with E-state index >= 15 is 0 Å². The van der Waals surface area contributed by atoms with Crippen molar-refractivity contribution in [2.24, 2.45) is 0 Å². The Balaban J connectivity index is 1.54. The third-order valence-corrected chi connectivity index (χ3v) is 4.95. The lowest BCUT2D eigenvalue weighted by Crippen LogP contribution is -2.37. The Kier molecular flexibility index (Phi) is 3.87. The van der Waals surface area contributed by atoms with E-state index in [0.29, 0.717) is 12.1 Å². The topological polar surface area (TPSA) is 33.1 Å². The maximum absolute atomic E-state index is 13.9. The van der Waals surface area contributed by atoms with Gasteiger partial charge in [0.1, 0.15) is 11.5 Å². The molecule has 4 rings (SSSR count). The smallest absolute Gasteiger partial charge is 0.151 e. The normalized spacial score (nSPS) is 24.8. The SMILES string of the molecule is Fc1ccc(-n2ccc(CN3C4CCNCC3CC4)n2)c(F)c1. The summed E-state index contributed by atoms with van der Waals surface area (Å²) in [6.45, 7) is 2.89. The van der Waals surface area contributed by atoms with Crippen LogP contribution in [0.25, 0.3) is 5.69 Å². The van der Waals surface area contributed by atoms with E-state index in [-0.39, 0.29) is 5.69 Å². The van der Waals surface area contributed by atoms with Crippen LogP contribution in [0.1, 0.15) is 25.0 Å². The molecule has 6 heteroatoms. The van der Waals surface area contributed by atoms with Gasteiger partial charge in [0.2, 0.25) is 0 Å². The van der Waals surface area contributed by atoms with Gasteiger partial charge in [0.25, 0.3) is 0 Å². The zero-order valence-corrected chi connectivity index (χ0v) is 12.9. The summed E-state index contributed by atoms with van der Waals surface area (Å²) in [5, 5.41) is 7.97. The summed E-state index contributed by atoms with van der Waals surface area (Å²) in [5.74, 6) is -1.18. The summed E-state index contributed by atoms with van der Waals surface area (Å²) in [7, 11) is 0. The molecule has 0 spiro atoms. The molecule has 2 atom stereocenters. The molecule has 1 aromatic carbocycles. The first-order valence-corrected chi connectivity index (χ1v) is 8.17. The van der Waals surface area contributed by atoms with Crippen molar-refractivity contribution in [3.8, 4) is 5.69 Å². The van der Waals surface area contributed by atoms with E-state index in [1.54, 1.807) is 6.20 Å². The Morgan fingerprint density at radius 2 is 2.00 bits per heavy atom. The van der Waals surface area contributed by atoms with Gasteiger partial charge in [0.05, 0.1) is 5.69 Å². The average molecular weight is 318 g/mol. The van der Waals surface area contributed by atoms with E-state index in [9.17, 15) is 8.78 Å². The van der Waals surface area contributed by atoms with Gasteiger partial charge in [-0.2, -0.15) is 5.10 Å². The highest BCUT2D eigenvalue weighted by Gasteiger charge is 2.34. The highest BCUT2D eigenvalue weighted by Crippen LogP contribution is 2.29. The lowest BCUT2D eigenvalue weighted by molar-refractivity contribution is 0.191. The zero-order valence-electron chi connectivity index (χ0n) is 12.9. The predicted molar refractivity (Wildman–Crippen MR) is 83.3 cm³/mol. The van der Waals surface area contributed by atoms with Crippen molar-refractivity contribution in [3.05, 3.63) is 47.8 Å². The van der Waals surface area contributed by atoms with Gasteiger partial charge in [-0.25, -0.2) is 13.5 Å². The molecule has 2 aromatic rings. The van der Waals surface area contributed by atoms with Gasteiger partial charge in [-0.05, 0) is 44.0 Å². The molecule has 0 saturated carbocycles. The van der Waals surface area contributed by atoms with Crippen LogP contribution < -0.4 is 5.32 Å². The maximum Gasteiger partial charge on any atom is 0.151 e. The van der Waals surface area contributed by atoms with E-state index in [1.165, 1.54) is 36.1 Å². The van der Waals surface area contributed by atoms with E-state index in [0.717, 1.165) is 31.4 Å². The van der Waals surface area contributed by atoms with Crippen molar-refractivity contribution in [1.29, 1.82) is 0 Å². The Morgan fingerprint density at radius 1 is 1.13 bits per heavy atom. The molecule has 0 amide bonds. The summed E-state index contributed by atoms with van der Waals surface area (Å²) >= 11 is 0. The third kappa shape index (κ3) is 2.88. The van der Waals surface area contributed by atoms with Crippen LogP contribution >= 0.6 is 0 Å². The van der Waals surface area contributed by atoms with Gasteiger partial charge >= 0.3 is 0 Å². The minimum atomic E-state index is -0.598. The van der Waals surface area contributed by atoms with Crippen LogP contribution in [0.3, 0.4) is 0 Å². The van der Waals surface area contributed by atoms with Gasteiger partial charge in [0, 0.05) is 37.4 Å². The molecule has 2 aliphatic rings. The fourth-order valence-corrected chi connectivity index (χ4v) is 3.77. The Labute approximate surface area is 134 Å². The predicted octanol–water partition coefficient (Wildman–Crippen LogP) is 2.48. The van der Waals surface area contributed by atoms with Gasteiger partial charge in [-0.3, -0.25) is 4.90 Å². The number of nitrogens with zero attached hydrogens (tertiary/aromatic N) is 3. The highest BCUT2D eigenvalue weighted by molar-refractivity contribution is 5.33. The molecule has 1 aromatic heterocycles. The van der Waals surface area contributed by atoms with E-state index in [4.69, 9.17) is 0 Å². The van der Waals surface area contributed by atoms with Crippen molar-refractivity contribution in [2.75, 3.05) is 13.1 Å². The Hall–Kier alpha value is -1.79. The minimum Gasteiger partial charge on any atom is -0.315 e. The molecule has 2 saturated heterocycles. The van der Waals surface area contributed by atoms with Crippen molar-refractivity contribution >= 4 is 0 Å². The first-order chi connectivity index (χ1) is 11.2. The van der Waals surface area contributed by atoms with Gasteiger partial charge in [0.15, 0.2) is 5.82 Å². The van der Waals surface area contributed by atoms with Crippen LogP contribution in [0.5, 0.6) is 0 Å². The molecule has 0 aliphatic carbocycles. The Bertz CT molecular complexity index is 686. The Morgan fingerprint density at radius 3 is 2.87 bits per heavy atom. The van der Waals surface area contributed by atoms with Crippen LogP contribution in [-0.2, 0) is 6.54 Å². The summed E-state index contributed by atoms with van der Waals surface area (Å²) in [6, 6.07) is 6.65. The number of nitrogens with one attached hydrogen (secondary N) is 1. The maximum atomic E-state index is 13.9. The summed E-state index contributed by atoms with van der Waals surface area (Å²) < 4.78 is 28.4. The second-order valence-corrected chi connectivity index (χ2v) is 6.40. The van der Waals surface area contributed by atoms with Crippen LogP contribution in [0.2, 0.25) is 0 Å². The molecule has 4 nitrogen and oxygen atoms in total. The lowest BCUT2D eigenvalue weighted by atomic mass is 10.1.